The third-order valence-corrected chi connectivity index (χ3v) is 7.14. The summed E-state index contributed by atoms with van der Waals surface area (Å²) in [5, 5.41) is 18.0. The number of nitrogens with two attached hydrogens (primary N) is 1. The molecule has 0 saturated carbocycles. The minimum atomic E-state index is -4.01. The Labute approximate surface area is 221 Å². The van der Waals surface area contributed by atoms with Crippen LogP contribution in [0.25, 0.3) is 6.08 Å². The number of sulfonamides is 2. The Bertz CT molecular complexity index is 1660. The van der Waals surface area contributed by atoms with E-state index in [2.05, 4.69) is 10.0 Å². The number of ether oxygens (including phenoxy) is 1. The van der Waals surface area contributed by atoms with E-state index in [0.717, 1.165) is 36.4 Å². The van der Waals surface area contributed by atoms with Crippen LogP contribution in [0.3, 0.4) is 0 Å². The van der Waals surface area contributed by atoms with Gasteiger partial charge in [0.2, 0.25) is 15.8 Å². The molecule has 0 bridgehead atoms. The average Bonchev–Trinajstić information content (AvgIpc) is 2.87. The Kier molecular flexibility index (Phi) is 8.74. The van der Waals surface area contributed by atoms with Gasteiger partial charge in [-0.15, -0.1) is 0 Å². The molecule has 0 aromatic heterocycles. The number of amides is 1. The van der Waals surface area contributed by atoms with Gasteiger partial charge < -0.3 is 10.1 Å². The number of rotatable bonds is 10. The largest absolute Gasteiger partial charge is 0.452 e. The van der Waals surface area contributed by atoms with Gasteiger partial charge in [0, 0.05) is 23.5 Å². The summed E-state index contributed by atoms with van der Waals surface area (Å²) in [5.74, 6) is -2.80. The topological polar surface area (TPSA) is 205 Å². The number of halogens is 1. The lowest BCUT2D eigenvalue weighted by molar-refractivity contribution is -0.387. The van der Waals surface area contributed by atoms with Crippen LogP contribution in [-0.4, -0.2) is 40.2 Å². The van der Waals surface area contributed by atoms with E-state index < -0.39 is 55.0 Å². The molecule has 204 valence electrons. The van der Waals surface area contributed by atoms with Gasteiger partial charge in [0.05, 0.1) is 14.7 Å². The molecule has 3 aromatic rings. The third kappa shape index (κ3) is 8.16. The Balaban J connectivity index is 1.54. The molecule has 0 unspecified atom stereocenters. The number of hydrogen-bond acceptors (Lipinski definition) is 9. The zero-order chi connectivity index (χ0) is 28.8. The lowest BCUT2D eigenvalue weighted by Crippen LogP contribution is -2.20. The lowest BCUT2D eigenvalue weighted by atomic mass is 10.2. The van der Waals surface area contributed by atoms with Crippen LogP contribution in [-0.2, 0) is 34.4 Å². The summed E-state index contributed by atoms with van der Waals surface area (Å²) in [6, 6.07) is 12.8. The number of nitro groups is 1. The van der Waals surface area contributed by atoms with Crippen molar-refractivity contribution in [2.75, 3.05) is 16.6 Å². The minimum absolute atomic E-state index is 0.0651. The Hall–Kier alpha value is -4.67. The lowest BCUT2D eigenvalue weighted by Gasteiger charge is -2.09. The van der Waals surface area contributed by atoms with Crippen molar-refractivity contribution in [1.82, 2.24) is 0 Å². The summed E-state index contributed by atoms with van der Waals surface area (Å²) >= 11 is 0. The summed E-state index contributed by atoms with van der Waals surface area (Å²) in [7, 11) is -7.94. The molecular weight excluding hydrogens is 559 g/mol. The minimum Gasteiger partial charge on any atom is -0.452 e. The van der Waals surface area contributed by atoms with E-state index in [4.69, 9.17) is 9.88 Å². The number of carbonyl (C=O) groups is 2. The number of benzene rings is 3. The van der Waals surface area contributed by atoms with E-state index in [1.165, 1.54) is 42.5 Å². The maximum atomic E-state index is 13.4. The second kappa shape index (κ2) is 11.8. The van der Waals surface area contributed by atoms with Crippen LogP contribution < -0.4 is 15.2 Å². The van der Waals surface area contributed by atoms with E-state index in [-0.39, 0.29) is 21.2 Å². The van der Waals surface area contributed by atoms with Gasteiger partial charge in [0.1, 0.15) is 0 Å². The molecule has 0 atom stereocenters. The predicted molar refractivity (Wildman–Crippen MR) is 137 cm³/mol. The molecule has 1 amide bonds. The van der Waals surface area contributed by atoms with Gasteiger partial charge in [-0.3, -0.25) is 19.6 Å². The zero-order valence-corrected chi connectivity index (χ0v) is 21.2. The molecule has 39 heavy (non-hydrogen) atoms. The van der Waals surface area contributed by atoms with Crippen molar-refractivity contribution in [3.8, 4) is 0 Å². The van der Waals surface area contributed by atoms with Gasteiger partial charge in [-0.05, 0) is 60.2 Å². The van der Waals surface area contributed by atoms with Crippen LogP contribution in [0.2, 0.25) is 0 Å². The van der Waals surface area contributed by atoms with E-state index in [1.54, 1.807) is 0 Å². The smallest absolute Gasteiger partial charge is 0.331 e. The molecule has 0 spiro atoms. The molecule has 0 fully saturated rings. The van der Waals surface area contributed by atoms with Crippen LogP contribution in [0.4, 0.5) is 21.5 Å². The maximum absolute atomic E-state index is 13.4. The van der Waals surface area contributed by atoms with Gasteiger partial charge in [0.25, 0.3) is 15.9 Å². The van der Waals surface area contributed by atoms with Gasteiger partial charge in [0.15, 0.2) is 6.61 Å². The Morgan fingerprint density at radius 3 is 2.13 bits per heavy atom. The number of nitro benzene ring substituents is 1. The number of esters is 1. The molecule has 3 rings (SSSR count). The molecule has 13 nitrogen and oxygen atoms in total. The summed E-state index contributed by atoms with van der Waals surface area (Å²) < 4.78 is 68.2. The molecular formula is C23H19FN4O9S2. The second-order valence-corrected chi connectivity index (χ2v) is 10.9. The molecule has 4 N–H and O–H groups in total. The number of hydrogen-bond donors (Lipinski definition) is 3. The highest BCUT2D eigenvalue weighted by molar-refractivity contribution is 7.92. The van der Waals surface area contributed by atoms with E-state index >= 15 is 0 Å². The van der Waals surface area contributed by atoms with Crippen molar-refractivity contribution in [2.24, 2.45) is 5.14 Å². The van der Waals surface area contributed by atoms with Gasteiger partial charge in [-0.25, -0.2) is 26.8 Å². The summed E-state index contributed by atoms with van der Waals surface area (Å²) in [4.78, 5) is 33.3. The average molecular weight is 579 g/mol. The summed E-state index contributed by atoms with van der Waals surface area (Å²) in [6.07, 6.45) is 2.30. The first-order valence-corrected chi connectivity index (χ1v) is 13.6. The van der Waals surface area contributed by atoms with Crippen LogP contribution in [0.5, 0.6) is 0 Å². The number of primary sulfonamides is 1. The van der Waals surface area contributed by atoms with Crippen molar-refractivity contribution in [1.29, 1.82) is 0 Å². The predicted octanol–water partition coefficient (Wildman–Crippen LogP) is 2.38. The van der Waals surface area contributed by atoms with Gasteiger partial charge >= 0.3 is 11.7 Å². The van der Waals surface area contributed by atoms with E-state index in [9.17, 15) is 40.9 Å². The molecule has 0 aliphatic heterocycles. The summed E-state index contributed by atoms with van der Waals surface area (Å²) in [6.45, 7) is -0.727. The Morgan fingerprint density at radius 1 is 0.949 bits per heavy atom. The SMILES string of the molecule is NS(=O)(=O)c1ccc(NS(=O)(=O)c2ccc(C=CC(=O)OCC(=O)Nc3ccc(F)c([N+](=O)[O-])c3)cc2)cc1. The highest BCUT2D eigenvalue weighted by atomic mass is 32.2. The highest BCUT2D eigenvalue weighted by Gasteiger charge is 2.17. The first-order chi connectivity index (χ1) is 18.2. The molecule has 0 saturated heterocycles. The molecule has 0 aliphatic rings. The second-order valence-electron chi connectivity index (χ2n) is 7.66. The van der Waals surface area contributed by atoms with Crippen LogP contribution in [0, 0.1) is 15.9 Å². The number of anilines is 2. The number of nitrogens with one attached hydrogen (secondary N) is 2. The van der Waals surface area contributed by atoms with E-state index in [0.29, 0.717) is 5.56 Å². The summed E-state index contributed by atoms with van der Waals surface area (Å²) in [5.41, 5.74) is -0.367. The monoisotopic (exact) mass is 578 g/mol. The standard InChI is InChI=1S/C23H19FN4O9S2/c24-20-11-6-17(13-21(20)28(31)32)26-22(29)14-37-23(30)12-3-15-1-7-19(8-2-15)39(35,36)27-16-4-9-18(10-5-16)38(25,33)34/h1-13,27H,14H2,(H,26,29)(H2,25,33,34). The number of nitrogens with zero attached hydrogens (tertiary/aromatic N) is 1. The first kappa shape index (κ1) is 28.9. The Morgan fingerprint density at radius 2 is 1.54 bits per heavy atom. The number of carbonyl (C=O) groups excluding carboxylic acids is 2. The van der Waals surface area contributed by atoms with Crippen molar-refractivity contribution in [3.05, 3.63) is 94.3 Å². The van der Waals surface area contributed by atoms with Crippen molar-refractivity contribution >= 4 is 55.1 Å². The van der Waals surface area contributed by atoms with Crippen molar-refractivity contribution < 1.29 is 40.5 Å². The first-order valence-electron chi connectivity index (χ1n) is 10.6. The maximum Gasteiger partial charge on any atom is 0.331 e. The van der Waals surface area contributed by atoms with E-state index in [1.807, 2.05) is 0 Å². The fourth-order valence-electron chi connectivity index (χ4n) is 2.96. The normalized spacial score (nSPS) is 11.6. The fraction of sp³-hybridized carbons (Fsp3) is 0.0435. The highest BCUT2D eigenvalue weighted by Crippen LogP contribution is 2.22. The van der Waals surface area contributed by atoms with Crippen LogP contribution in [0.1, 0.15) is 5.56 Å². The molecule has 0 heterocycles. The molecule has 16 heteroatoms. The molecule has 3 aromatic carbocycles. The van der Waals surface area contributed by atoms with Crippen LogP contribution >= 0.6 is 0 Å². The van der Waals surface area contributed by atoms with Gasteiger partial charge in [-0.1, -0.05) is 12.1 Å². The fourth-order valence-corrected chi connectivity index (χ4v) is 4.54. The van der Waals surface area contributed by atoms with Gasteiger partial charge in [-0.2, -0.15) is 4.39 Å². The zero-order valence-electron chi connectivity index (χ0n) is 19.6. The van der Waals surface area contributed by atoms with Crippen molar-refractivity contribution in [3.63, 3.8) is 0 Å². The molecule has 0 radical (unpaired) electrons. The third-order valence-electron chi connectivity index (χ3n) is 4.81. The molecule has 0 aliphatic carbocycles. The van der Waals surface area contributed by atoms with Crippen LogP contribution in [0.15, 0.2) is 82.6 Å². The quantitative estimate of drug-likeness (QED) is 0.140. The van der Waals surface area contributed by atoms with Crippen molar-refractivity contribution in [2.45, 2.75) is 9.79 Å².